The van der Waals surface area contributed by atoms with Crippen molar-refractivity contribution in [2.45, 2.75) is 6.92 Å². The molecule has 0 fully saturated rings. The number of amides is 2. The van der Waals surface area contributed by atoms with Gasteiger partial charge in [-0.3, -0.25) is 9.59 Å². The Labute approximate surface area is 119 Å². The predicted octanol–water partition coefficient (Wildman–Crippen LogP) is 1.49. The highest BCUT2D eigenvalue weighted by atomic mass is 32.1. The van der Waals surface area contributed by atoms with Crippen LogP contribution in [0.3, 0.4) is 0 Å². The number of nitrogen functional groups attached to an aromatic ring is 1. The van der Waals surface area contributed by atoms with Crippen LogP contribution in [0.2, 0.25) is 0 Å². The van der Waals surface area contributed by atoms with Gasteiger partial charge in [0.2, 0.25) is 5.91 Å². The van der Waals surface area contributed by atoms with Crippen LogP contribution in [0.4, 0.5) is 10.1 Å². The molecular formula is C13H14FN3O2S. The van der Waals surface area contributed by atoms with Gasteiger partial charge in [0.05, 0.1) is 11.1 Å². The third-order valence-corrected chi connectivity index (χ3v) is 3.86. The molecule has 1 aromatic heterocycles. The normalized spacial score (nSPS) is 10.5. The minimum absolute atomic E-state index is 0.153. The molecule has 106 valence electrons. The lowest BCUT2D eigenvalue weighted by atomic mass is 10.2. The maximum atomic E-state index is 13.7. The van der Waals surface area contributed by atoms with E-state index in [4.69, 9.17) is 5.73 Å². The molecule has 2 amide bonds. The molecular weight excluding hydrogens is 281 g/mol. The molecule has 0 spiro atoms. The molecule has 0 saturated heterocycles. The molecule has 0 saturated carbocycles. The summed E-state index contributed by atoms with van der Waals surface area (Å²) < 4.78 is 14.3. The van der Waals surface area contributed by atoms with Crippen LogP contribution in [0, 0.1) is 5.82 Å². The first-order chi connectivity index (χ1) is 9.50. The zero-order chi connectivity index (χ0) is 14.7. The van der Waals surface area contributed by atoms with Gasteiger partial charge >= 0.3 is 0 Å². The highest BCUT2D eigenvalue weighted by Gasteiger charge is 2.18. The number of nitrogens with two attached hydrogens (primary N) is 1. The topological polar surface area (TPSA) is 84.2 Å². The number of nitrogens with one attached hydrogen (secondary N) is 2. The van der Waals surface area contributed by atoms with E-state index in [0.29, 0.717) is 11.2 Å². The molecule has 0 unspecified atom stereocenters. The number of anilines is 1. The Bertz CT molecular complexity index is 669. The van der Waals surface area contributed by atoms with Gasteiger partial charge in [0.25, 0.3) is 5.91 Å². The summed E-state index contributed by atoms with van der Waals surface area (Å²) in [6.45, 7) is 2.02. The number of halogens is 1. The SMILES string of the molecule is CC(=O)NCCNC(=O)c1sc2cccc(F)c2c1N. The van der Waals surface area contributed by atoms with E-state index < -0.39 is 5.82 Å². The maximum Gasteiger partial charge on any atom is 0.263 e. The zero-order valence-electron chi connectivity index (χ0n) is 10.8. The number of rotatable bonds is 4. The molecule has 0 bridgehead atoms. The fraction of sp³-hybridized carbons (Fsp3) is 0.231. The number of carbonyl (C=O) groups excluding carboxylic acids is 2. The van der Waals surface area contributed by atoms with Crippen LogP contribution >= 0.6 is 11.3 Å². The van der Waals surface area contributed by atoms with Gasteiger partial charge in [-0.2, -0.15) is 0 Å². The van der Waals surface area contributed by atoms with Gasteiger partial charge in [0.1, 0.15) is 10.7 Å². The molecule has 0 radical (unpaired) electrons. The lowest BCUT2D eigenvalue weighted by Crippen LogP contribution is -2.33. The minimum atomic E-state index is -0.437. The monoisotopic (exact) mass is 295 g/mol. The lowest BCUT2D eigenvalue weighted by Gasteiger charge is -2.04. The molecule has 4 N–H and O–H groups in total. The van der Waals surface area contributed by atoms with Gasteiger partial charge in [-0.15, -0.1) is 11.3 Å². The van der Waals surface area contributed by atoms with Crippen LogP contribution in [0.15, 0.2) is 18.2 Å². The average molecular weight is 295 g/mol. The summed E-state index contributed by atoms with van der Waals surface area (Å²) in [7, 11) is 0. The average Bonchev–Trinajstić information content (AvgIpc) is 2.73. The standard InChI is InChI=1S/C13H14FN3O2S/c1-7(18)16-5-6-17-13(19)12-11(15)10-8(14)3-2-4-9(10)20-12/h2-4H,5-6,15H2,1H3,(H,16,18)(H,17,19). The summed E-state index contributed by atoms with van der Waals surface area (Å²) in [6, 6.07) is 4.60. The first-order valence-electron chi connectivity index (χ1n) is 6.00. The van der Waals surface area contributed by atoms with Crippen molar-refractivity contribution in [3.63, 3.8) is 0 Å². The van der Waals surface area contributed by atoms with E-state index in [9.17, 15) is 14.0 Å². The van der Waals surface area contributed by atoms with Crippen molar-refractivity contribution in [1.82, 2.24) is 10.6 Å². The number of benzene rings is 1. The van der Waals surface area contributed by atoms with E-state index in [1.807, 2.05) is 0 Å². The van der Waals surface area contributed by atoms with Crippen LogP contribution in [-0.4, -0.2) is 24.9 Å². The van der Waals surface area contributed by atoms with Crippen LogP contribution < -0.4 is 16.4 Å². The second-order valence-corrected chi connectivity index (χ2v) is 5.25. The zero-order valence-corrected chi connectivity index (χ0v) is 11.6. The van der Waals surface area contributed by atoms with E-state index in [1.165, 1.54) is 13.0 Å². The highest BCUT2D eigenvalue weighted by Crippen LogP contribution is 2.35. The largest absolute Gasteiger partial charge is 0.397 e. The predicted molar refractivity (Wildman–Crippen MR) is 77.2 cm³/mol. The van der Waals surface area contributed by atoms with Crippen molar-refractivity contribution in [2.24, 2.45) is 0 Å². The number of hydrogen-bond acceptors (Lipinski definition) is 4. The quantitative estimate of drug-likeness (QED) is 0.747. The molecule has 5 nitrogen and oxygen atoms in total. The van der Waals surface area contributed by atoms with Crippen molar-refractivity contribution in [2.75, 3.05) is 18.8 Å². The Morgan fingerprint density at radius 2 is 2.00 bits per heavy atom. The number of fused-ring (bicyclic) bond motifs is 1. The number of thiophene rings is 1. The summed E-state index contributed by atoms with van der Waals surface area (Å²) in [5, 5.41) is 5.47. The summed E-state index contributed by atoms with van der Waals surface area (Å²) in [5.74, 6) is -0.968. The van der Waals surface area contributed by atoms with Gasteiger partial charge in [-0.1, -0.05) is 6.07 Å². The van der Waals surface area contributed by atoms with Gasteiger partial charge in [-0.05, 0) is 12.1 Å². The van der Waals surface area contributed by atoms with Crippen molar-refractivity contribution in [3.8, 4) is 0 Å². The third kappa shape index (κ3) is 2.88. The van der Waals surface area contributed by atoms with Crippen molar-refractivity contribution >= 4 is 38.9 Å². The summed E-state index contributed by atoms with van der Waals surface area (Å²) >= 11 is 1.15. The Hall–Kier alpha value is -2.15. The van der Waals surface area contributed by atoms with Gasteiger partial charge in [-0.25, -0.2) is 4.39 Å². The van der Waals surface area contributed by atoms with Crippen LogP contribution in [0.1, 0.15) is 16.6 Å². The second kappa shape index (κ2) is 5.87. The van der Waals surface area contributed by atoms with Crippen molar-refractivity contribution < 1.29 is 14.0 Å². The molecule has 0 aliphatic rings. The van der Waals surface area contributed by atoms with Crippen molar-refractivity contribution in [3.05, 3.63) is 28.9 Å². The lowest BCUT2D eigenvalue weighted by molar-refractivity contribution is -0.118. The summed E-state index contributed by atoms with van der Waals surface area (Å²) in [6.07, 6.45) is 0. The van der Waals surface area contributed by atoms with Crippen LogP contribution in [0.5, 0.6) is 0 Å². The van der Waals surface area contributed by atoms with Gasteiger partial charge in [0.15, 0.2) is 0 Å². The molecule has 0 atom stereocenters. The summed E-state index contributed by atoms with van der Waals surface area (Å²) in [5.41, 5.74) is 5.99. The van der Waals surface area contributed by atoms with Crippen LogP contribution in [0.25, 0.3) is 10.1 Å². The van der Waals surface area contributed by atoms with Crippen molar-refractivity contribution in [1.29, 1.82) is 0 Å². The highest BCUT2D eigenvalue weighted by molar-refractivity contribution is 7.21. The molecule has 1 heterocycles. The number of hydrogen-bond donors (Lipinski definition) is 3. The first-order valence-corrected chi connectivity index (χ1v) is 6.81. The van der Waals surface area contributed by atoms with Crippen LogP contribution in [-0.2, 0) is 4.79 Å². The Balaban J connectivity index is 2.13. The van der Waals surface area contributed by atoms with Gasteiger partial charge in [0, 0.05) is 24.7 Å². The Morgan fingerprint density at radius 1 is 1.30 bits per heavy atom. The van der Waals surface area contributed by atoms with E-state index in [-0.39, 0.29) is 34.3 Å². The Morgan fingerprint density at radius 3 is 2.65 bits per heavy atom. The molecule has 7 heteroatoms. The molecule has 2 aromatic rings. The van der Waals surface area contributed by atoms with E-state index >= 15 is 0 Å². The smallest absolute Gasteiger partial charge is 0.263 e. The third-order valence-electron chi connectivity index (χ3n) is 2.69. The summed E-state index contributed by atoms with van der Waals surface area (Å²) in [4.78, 5) is 22.9. The number of carbonyl (C=O) groups is 2. The Kier molecular flexibility index (Phi) is 4.19. The van der Waals surface area contributed by atoms with E-state index in [1.54, 1.807) is 12.1 Å². The fourth-order valence-corrected chi connectivity index (χ4v) is 2.85. The fourth-order valence-electron chi connectivity index (χ4n) is 1.79. The molecule has 1 aromatic carbocycles. The molecule has 0 aliphatic heterocycles. The molecule has 20 heavy (non-hydrogen) atoms. The minimum Gasteiger partial charge on any atom is -0.397 e. The molecule has 2 rings (SSSR count). The van der Waals surface area contributed by atoms with Gasteiger partial charge < -0.3 is 16.4 Å². The first kappa shape index (κ1) is 14.3. The van der Waals surface area contributed by atoms with E-state index in [2.05, 4.69) is 10.6 Å². The maximum absolute atomic E-state index is 13.7. The second-order valence-electron chi connectivity index (χ2n) is 4.20. The molecule has 0 aliphatic carbocycles. The van der Waals surface area contributed by atoms with E-state index in [0.717, 1.165) is 11.3 Å².